The van der Waals surface area contributed by atoms with Crippen LogP contribution in [0.2, 0.25) is 0 Å². The molecule has 0 heterocycles. The number of ketones is 2. The first-order valence-corrected chi connectivity index (χ1v) is 6.64. The minimum atomic E-state index is -0.0751. The predicted octanol–water partition coefficient (Wildman–Crippen LogP) is 4.29. The van der Waals surface area contributed by atoms with E-state index in [1.54, 1.807) is 36.4 Å². The van der Waals surface area contributed by atoms with Crippen molar-refractivity contribution in [2.45, 2.75) is 27.7 Å². The van der Waals surface area contributed by atoms with Gasteiger partial charge in [-0.05, 0) is 27.7 Å². The summed E-state index contributed by atoms with van der Waals surface area (Å²) in [5.41, 5.74) is 3.98. The number of carbonyl (C=O) groups is 2. The van der Waals surface area contributed by atoms with Crippen LogP contribution < -0.4 is 0 Å². The summed E-state index contributed by atoms with van der Waals surface area (Å²) in [6, 6.07) is 7.01. The Morgan fingerprint density at radius 3 is 1.40 bits per heavy atom. The van der Waals surface area contributed by atoms with E-state index in [2.05, 4.69) is 0 Å². The first-order chi connectivity index (χ1) is 9.41. The van der Waals surface area contributed by atoms with Crippen LogP contribution in [0.5, 0.6) is 0 Å². The fourth-order valence-electron chi connectivity index (χ4n) is 2.28. The highest BCUT2D eigenvalue weighted by Gasteiger charge is 2.29. The van der Waals surface area contributed by atoms with Crippen LogP contribution in [0.1, 0.15) is 48.4 Å². The van der Waals surface area contributed by atoms with Gasteiger partial charge in [-0.15, -0.1) is 0 Å². The van der Waals surface area contributed by atoms with Gasteiger partial charge in [0.2, 0.25) is 0 Å². The molecule has 0 saturated carbocycles. The van der Waals surface area contributed by atoms with Crippen molar-refractivity contribution in [1.82, 2.24) is 0 Å². The maximum Gasteiger partial charge on any atom is 0.194 e. The van der Waals surface area contributed by atoms with E-state index in [9.17, 15) is 9.59 Å². The molecule has 20 heavy (non-hydrogen) atoms. The van der Waals surface area contributed by atoms with Crippen molar-refractivity contribution in [3.05, 3.63) is 69.8 Å². The van der Waals surface area contributed by atoms with E-state index < -0.39 is 0 Å². The lowest BCUT2D eigenvalue weighted by atomic mass is 9.83. The average molecular weight is 266 g/mol. The van der Waals surface area contributed by atoms with Gasteiger partial charge in [-0.2, -0.15) is 0 Å². The molecule has 0 N–H and O–H groups in total. The van der Waals surface area contributed by atoms with E-state index in [0.717, 1.165) is 11.1 Å². The number of allylic oxidation sites excluding steroid dienone is 6. The fourth-order valence-corrected chi connectivity index (χ4v) is 2.28. The Morgan fingerprint density at radius 1 is 0.750 bits per heavy atom. The predicted molar refractivity (Wildman–Crippen MR) is 81.0 cm³/mol. The second-order valence-corrected chi connectivity index (χ2v) is 5.47. The van der Waals surface area contributed by atoms with Crippen molar-refractivity contribution in [3.63, 3.8) is 0 Å². The van der Waals surface area contributed by atoms with E-state index in [-0.39, 0.29) is 11.6 Å². The van der Waals surface area contributed by atoms with Crippen molar-refractivity contribution in [1.29, 1.82) is 0 Å². The summed E-state index contributed by atoms with van der Waals surface area (Å²) in [6.45, 7) is 7.69. The minimum Gasteiger partial charge on any atom is -0.289 e. The molecular formula is C18H18O2. The van der Waals surface area contributed by atoms with Gasteiger partial charge in [-0.1, -0.05) is 47.6 Å². The maximum absolute atomic E-state index is 12.6. The summed E-state index contributed by atoms with van der Waals surface area (Å²) in [7, 11) is 0. The summed E-state index contributed by atoms with van der Waals surface area (Å²) in [4.78, 5) is 25.2. The van der Waals surface area contributed by atoms with Crippen molar-refractivity contribution < 1.29 is 9.59 Å². The van der Waals surface area contributed by atoms with Crippen LogP contribution in [0, 0.1) is 0 Å². The molecule has 0 spiro atoms. The standard InChI is InChI=1S/C18H18O2/c1-11(2)9-15-16(10-12(3)4)18(20)14-8-6-5-7-13(14)17(15)19/h5-10H,1-4H3. The largest absolute Gasteiger partial charge is 0.289 e. The zero-order valence-electron chi connectivity index (χ0n) is 12.3. The highest BCUT2D eigenvalue weighted by molar-refractivity contribution is 6.29. The molecule has 0 unspecified atom stereocenters. The van der Waals surface area contributed by atoms with Gasteiger partial charge < -0.3 is 0 Å². The van der Waals surface area contributed by atoms with Crippen LogP contribution in [0.3, 0.4) is 0 Å². The lowest BCUT2D eigenvalue weighted by molar-refractivity contribution is 0.0980. The normalized spacial score (nSPS) is 14.0. The molecule has 102 valence electrons. The third kappa shape index (κ3) is 2.55. The summed E-state index contributed by atoms with van der Waals surface area (Å²) in [6.07, 6.45) is 3.59. The highest BCUT2D eigenvalue weighted by Crippen LogP contribution is 2.29. The van der Waals surface area contributed by atoms with Crippen LogP contribution in [0.4, 0.5) is 0 Å². The summed E-state index contributed by atoms with van der Waals surface area (Å²) in [5, 5.41) is 0. The Morgan fingerprint density at radius 2 is 1.10 bits per heavy atom. The van der Waals surface area contributed by atoms with E-state index in [0.29, 0.717) is 22.3 Å². The molecule has 0 aromatic heterocycles. The summed E-state index contributed by atoms with van der Waals surface area (Å²) in [5.74, 6) is -0.150. The molecule has 1 aliphatic carbocycles. The molecule has 2 nitrogen and oxygen atoms in total. The number of rotatable bonds is 2. The second kappa shape index (κ2) is 5.41. The lowest BCUT2D eigenvalue weighted by Gasteiger charge is -2.18. The molecule has 0 saturated heterocycles. The molecule has 0 fully saturated rings. The van der Waals surface area contributed by atoms with Gasteiger partial charge in [0.05, 0.1) is 0 Å². The highest BCUT2D eigenvalue weighted by atomic mass is 16.1. The summed E-state index contributed by atoms with van der Waals surface area (Å²) < 4.78 is 0. The van der Waals surface area contributed by atoms with Crippen LogP contribution in [-0.2, 0) is 0 Å². The van der Waals surface area contributed by atoms with Crippen molar-refractivity contribution >= 4 is 11.6 Å². The average Bonchev–Trinajstić information content (AvgIpc) is 2.39. The zero-order valence-corrected chi connectivity index (χ0v) is 12.3. The number of Topliss-reactive ketones (excluding diaryl/α,β-unsaturated/α-hetero) is 2. The minimum absolute atomic E-state index is 0.0751. The van der Waals surface area contributed by atoms with E-state index in [1.807, 2.05) is 27.7 Å². The number of carbonyl (C=O) groups excluding carboxylic acids is 2. The summed E-state index contributed by atoms with van der Waals surface area (Å²) >= 11 is 0. The molecule has 2 rings (SSSR count). The van der Waals surface area contributed by atoms with Gasteiger partial charge in [0.15, 0.2) is 11.6 Å². The SMILES string of the molecule is CC(C)=CC1=C(C=C(C)C)C(=O)c2ccccc2C1=O. The number of fused-ring (bicyclic) bond motifs is 1. The van der Waals surface area contributed by atoms with E-state index in [1.165, 1.54) is 0 Å². The Kier molecular flexibility index (Phi) is 3.84. The molecule has 0 bridgehead atoms. The Hall–Kier alpha value is -2.22. The van der Waals surface area contributed by atoms with Crippen LogP contribution >= 0.6 is 0 Å². The Balaban J connectivity index is 2.75. The molecule has 1 aromatic rings. The fraction of sp³-hybridized carbons (Fsp3) is 0.222. The first kappa shape index (κ1) is 14.2. The molecule has 0 aliphatic heterocycles. The quantitative estimate of drug-likeness (QED) is 0.800. The van der Waals surface area contributed by atoms with E-state index >= 15 is 0 Å². The number of benzene rings is 1. The van der Waals surface area contributed by atoms with Crippen LogP contribution in [-0.4, -0.2) is 11.6 Å². The van der Waals surface area contributed by atoms with Crippen molar-refractivity contribution in [3.8, 4) is 0 Å². The van der Waals surface area contributed by atoms with Crippen LogP contribution in [0.15, 0.2) is 58.7 Å². The van der Waals surface area contributed by atoms with E-state index in [4.69, 9.17) is 0 Å². The van der Waals surface area contributed by atoms with Crippen molar-refractivity contribution in [2.75, 3.05) is 0 Å². The van der Waals surface area contributed by atoms with Gasteiger partial charge in [-0.25, -0.2) is 0 Å². The molecule has 0 radical (unpaired) electrons. The van der Waals surface area contributed by atoms with Gasteiger partial charge in [0.1, 0.15) is 0 Å². The van der Waals surface area contributed by atoms with Crippen LogP contribution in [0.25, 0.3) is 0 Å². The lowest BCUT2D eigenvalue weighted by Crippen LogP contribution is -2.20. The number of hydrogen-bond donors (Lipinski definition) is 0. The molecule has 1 aromatic carbocycles. The molecule has 2 heteroatoms. The van der Waals surface area contributed by atoms with Gasteiger partial charge in [-0.3, -0.25) is 9.59 Å². The topological polar surface area (TPSA) is 34.1 Å². The maximum atomic E-state index is 12.6. The molecule has 0 atom stereocenters. The van der Waals surface area contributed by atoms with Gasteiger partial charge in [0, 0.05) is 22.3 Å². The number of hydrogen-bond acceptors (Lipinski definition) is 2. The first-order valence-electron chi connectivity index (χ1n) is 6.64. The smallest absolute Gasteiger partial charge is 0.194 e. The van der Waals surface area contributed by atoms with Gasteiger partial charge in [0.25, 0.3) is 0 Å². The third-order valence-electron chi connectivity index (χ3n) is 3.06. The van der Waals surface area contributed by atoms with Gasteiger partial charge >= 0.3 is 0 Å². The Bertz CT molecular complexity index is 618. The molecular weight excluding hydrogens is 248 g/mol. The second-order valence-electron chi connectivity index (χ2n) is 5.47. The van der Waals surface area contributed by atoms with Crippen molar-refractivity contribution in [2.24, 2.45) is 0 Å². The Labute approximate surface area is 119 Å². The molecule has 0 amide bonds. The monoisotopic (exact) mass is 266 g/mol. The third-order valence-corrected chi connectivity index (χ3v) is 3.06. The molecule has 1 aliphatic rings. The zero-order chi connectivity index (χ0) is 14.9.